The Labute approximate surface area is 211 Å². The second-order valence-corrected chi connectivity index (χ2v) is 10.3. The van der Waals surface area contributed by atoms with Gasteiger partial charge in [-0.05, 0) is 38.2 Å². The van der Waals surface area contributed by atoms with Gasteiger partial charge in [-0.2, -0.15) is 18.3 Å². The first-order chi connectivity index (χ1) is 17.6. The highest BCUT2D eigenvalue weighted by Crippen LogP contribution is 2.51. The van der Waals surface area contributed by atoms with Gasteiger partial charge >= 0.3 is 6.18 Å². The number of hydrogen-bond acceptors (Lipinski definition) is 7. The molecule has 37 heavy (non-hydrogen) atoms. The lowest BCUT2D eigenvalue weighted by atomic mass is 9.87. The van der Waals surface area contributed by atoms with E-state index in [0.29, 0.717) is 38.0 Å². The molecule has 2 saturated heterocycles. The maximum absolute atomic E-state index is 14.3. The number of amides is 1. The first-order valence-electron chi connectivity index (χ1n) is 12.4. The molecule has 0 aromatic carbocycles. The highest BCUT2D eigenvalue weighted by Gasteiger charge is 2.54. The largest absolute Gasteiger partial charge is 0.481 e. The molecule has 3 fully saturated rings. The molecule has 5 rings (SSSR count). The molecule has 3 aliphatic rings. The second-order valence-electron chi connectivity index (χ2n) is 10.3. The second kappa shape index (κ2) is 9.84. The Bertz CT molecular complexity index is 1140. The molecule has 4 heterocycles. The van der Waals surface area contributed by atoms with Gasteiger partial charge < -0.3 is 14.7 Å². The predicted molar refractivity (Wildman–Crippen MR) is 124 cm³/mol. The van der Waals surface area contributed by atoms with Gasteiger partial charge in [0.2, 0.25) is 5.88 Å². The van der Waals surface area contributed by atoms with E-state index in [2.05, 4.69) is 20.5 Å². The summed E-state index contributed by atoms with van der Waals surface area (Å²) >= 11 is 0. The fourth-order valence-electron chi connectivity index (χ4n) is 5.63. The number of methoxy groups -OCH3 is 1. The van der Waals surface area contributed by atoms with E-state index >= 15 is 0 Å². The summed E-state index contributed by atoms with van der Waals surface area (Å²) < 4.78 is 57.4. The molecule has 1 spiro atoms. The van der Waals surface area contributed by atoms with Crippen molar-refractivity contribution in [2.24, 2.45) is 5.92 Å². The van der Waals surface area contributed by atoms with Gasteiger partial charge in [0.15, 0.2) is 11.5 Å². The van der Waals surface area contributed by atoms with Crippen LogP contribution in [0.25, 0.3) is 11.3 Å². The summed E-state index contributed by atoms with van der Waals surface area (Å²) in [7, 11) is 1.42. The van der Waals surface area contributed by atoms with Crippen LogP contribution in [0.1, 0.15) is 42.6 Å². The number of rotatable bonds is 7. The van der Waals surface area contributed by atoms with Crippen LogP contribution in [0.15, 0.2) is 18.3 Å². The number of alkyl halides is 3. The van der Waals surface area contributed by atoms with E-state index in [1.807, 2.05) is 0 Å². The van der Waals surface area contributed by atoms with Crippen LogP contribution in [-0.2, 0) is 0 Å². The van der Waals surface area contributed by atoms with E-state index in [4.69, 9.17) is 4.74 Å². The highest BCUT2D eigenvalue weighted by atomic mass is 19.4. The average molecular weight is 527 g/mol. The normalized spacial score (nSPS) is 24.4. The number of pyridine rings is 1. The van der Waals surface area contributed by atoms with Crippen LogP contribution in [0.5, 0.6) is 5.88 Å². The van der Waals surface area contributed by atoms with Crippen molar-refractivity contribution >= 4 is 5.91 Å². The van der Waals surface area contributed by atoms with Crippen molar-refractivity contribution in [3.8, 4) is 17.1 Å². The molecule has 1 aliphatic carbocycles. The Kier molecular flexibility index (Phi) is 6.88. The minimum absolute atomic E-state index is 0.114. The van der Waals surface area contributed by atoms with E-state index in [0.717, 1.165) is 19.0 Å². The number of piperidine rings is 1. The topological polar surface area (TPSA) is 107 Å². The third-order valence-corrected chi connectivity index (χ3v) is 7.67. The summed E-state index contributed by atoms with van der Waals surface area (Å²) in [6, 6.07) is 2.72. The quantitative estimate of drug-likeness (QED) is 0.376. The van der Waals surface area contributed by atoms with Gasteiger partial charge in [0, 0.05) is 48.8 Å². The number of aliphatic hydroxyl groups excluding tert-OH is 1. The first kappa shape index (κ1) is 25.9. The number of aromatic nitrogens is 3. The Balaban J connectivity index is 1.20. The number of H-pyrrole nitrogens is 1. The summed E-state index contributed by atoms with van der Waals surface area (Å²) in [6.07, 6.45) is -0.753. The molecule has 0 radical (unpaired) electrons. The molecule has 2 aliphatic heterocycles. The monoisotopic (exact) mass is 526 g/mol. The number of carbonyl (C=O) groups excluding carboxylic acids is 1. The number of halogens is 4. The fourth-order valence-corrected chi connectivity index (χ4v) is 5.63. The van der Waals surface area contributed by atoms with Crippen LogP contribution in [0.4, 0.5) is 17.6 Å². The van der Waals surface area contributed by atoms with E-state index in [-0.39, 0.29) is 47.1 Å². The summed E-state index contributed by atoms with van der Waals surface area (Å²) in [4.78, 5) is 20.3. The molecule has 13 heteroatoms. The van der Waals surface area contributed by atoms with Crippen LogP contribution in [0.3, 0.4) is 0 Å². The van der Waals surface area contributed by atoms with Crippen molar-refractivity contribution in [1.82, 2.24) is 30.3 Å². The third-order valence-electron chi connectivity index (χ3n) is 7.67. The number of nitrogens with one attached hydrogen (secondary N) is 2. The number of hydrogen-bond donors (Lipinski definition) is 3. The number of ether oxygens (including phenoxy) is 1. The van der Waals surface area contributed by atoms with E-state index < -0.39 is 24.8 Å². The van der Waals surface area contributed by atoms with Gasteiger partial charge in [0.25, 0.3) is 5.91 Å². The van der Waals surface area contributed by atoms with Crippen molar-refractivity contribution in [2.45, 2.75) is 56.1 Å². The molecule has 202 valence electrons. The van der Waals surface area contributed by atoms with Crippen molar-refractivity contribution in [2.75, 3.05) is 33.3 Å². The molecule has 3 atom stereocenters. The summed E-state index contributed by atoms with van der Waals surface area (Å²) in [5.41, 5.74) is 0.319. The minimum atomic E-state index is -4.24. The van der Waals surface area contributed by atoms with Crippen molar-refractivity contribution < 1.29 is 32.2 Å². The van der Waals surface area contributed by atoms with Gasteiger partial charge in [-0.1, -0.05) is 0 Å². The van der Waals surface area contributed by atoms with Crippen LogP contribution in [-0.4, -0.2) is 93.3 Å². The van der Waals surface area contributed by atoms with Gasteiger partial charge in [-0.15, -0.1) is 0 Å². The zero-order valence-corrected chi connectivity index (χ0v) is 20.4. The van der Waals surface area contributed by atoms with E-state index in [1.54, 1.807) is 4.90 Å². The highest BCUT2D eigenvalue weighted by molar-refractivity contribution is 5.94. The lowest BCUT2D eigenvalue weighted by molar-refractivity contribution is -0.143. The average Bonchev–Trinajstić information content (AvgIpc) is 3.23. The lowest BCUT2D eigenvalue weighted by Crippen LogP contribution is -2.53. The Hall–Kier alpha value is -2.77. The predicted octanol–water partition coefficient (Wildman–Crippen LogP) is 2.55. The summed E-state index contributed by atoms with van der Waals surface area (Å²) in [5, 5.41) is 20.8. The molecule has 1 unspecified atom stereocenters. The zero-order valence-electron chi connectivity index (χ0n) is 20.4. The molecule has 2 aromatic rings. The number of aromatic amines is 1. The fraction of sp³-hybridized carbons (Fsp3) is 0.625. The third kappa shape index (κ3) is 5.58. The molecular formula is C24H30F4N6O3. The van der Waals surface area contributed by atoms with Crippen molar-refractivity contribution in [3.05, 3.63) is 29.8 Å². The first-order valence-corrected chi connectivity index (χ1v) is 12.4. The smallest absolute Gasteiger partial charge is 0.401 e. The lowest BCUT2D eigenvalue weighted by Gasteiger charge is -2.42. The number of nitrogens with zero attached hydrogens (tertiary/aromatic N) is 4. The van der Waals surface area contributed by atoms with Crippen LogP contribution in [0.2, 0.25) is 0 Å². The maximum Gasteiger partial charge on any atom is 0.401 e. The van der Waals surface area contributed by atoms with Crippen molar-refractivity contribution in [1.29, 1.82) is 0 Å². The van der Waals surface area contributed by atoms with Crippen LogP contribution < -0.4 is 10.1 Å². The van der Waals surface area contributed by atoms with E-state index in [9.17, 15) is 27.5 Å². The summed E-state index contributed by atoms with van der Waals surface area (Å²) in [5.74, 6) is -0.721. The molecule has 1 amide bonds. The van der Waals surface area contributed by atoms with Crippen LogP contribution >= 0.6 is 0 Å². The Morgan fingerprint density at radius 1 is 1.32 bits per heavy atom. The Morgan fingerprint density at radius 3 is 2.81 bits per heavy atom. The van der Waals surface area contributed by atoms with Gasteiger partial charge in [-0.25, -0.2) is 9.37 Å². The number of aliphatic hydroxyl groups is 1. The zero-order chi connectivity index (χ0) is 26.4. The number of carbonyl (C=O) groups is 1. The molecule has 2 aromatic heterocycles. The van der Waals surface area contributed by atoms with Gasteiger partial charge in [0.1, 0.15) is 6.23 Å². The summed E-state index contributed by atoms with van der Waals surface area (Å²) in [6.45, 7) is 0.0565. The molecule has 0 bridgehead atoms. The molecule has 9 nitrogen and oxygen atoms in total. The minimum Gasteiger partial charge on any atom is -0.481 e. The van der Waals surface area contributed by atoms with Crippen molar-refractivity contribution in [3.63, 3.8) is 0 Å². The molecule has 3 N–H and O–H groups in total. The molecule has 1 saturated carbocycles. The van der Waals surface area contributed by atoms with Gasteiger partial charge in [-0.3, -0.25) is 20.1 Å². The Morgan fingerprint density at radius 2 is 2.11 bits per heavy atom. The molecular weight excluding hydrogens is 496 g/mol. The van der Waals surface area contributed by atoms with Gasteiger partial charge in [0.05, 0.1) is 25.5 Å². The standard InChI is InChI=1S/C24H30F4N6O3/c1-37-20-8-16(17(25)11-29-20)18-9-19(32-31-18)22(36)34-7-2-14(10-23(34)4-5-23)21(35)30-15-3-6-33(12-15)13-24(26,27)28/h8-9,11,14-15,21,30,35H,2-7,10,12-13H2,1H3,(H,31,32)/t14-,15-,21?/m1/s1. The SMILES string of the molecule is COc1cc(-c2cc(C(=O)N3CC[C@@H](C(O)N[C@@H]4CCN(CC(F)(F)F)C4)CC34CC4)n[nH]2)c(F)cn1. The number of likely N-dealkylation sites (tertiary alicyclic amines) is 2. The maximum atomic E-state index is 14.3. The van der Waals surface area contributed by atoms with Crippen LogP contribution in [0, 0.1) is 11.7 Å². The van der Waals surface area contributed by atoms with E-state index in [1.165, 1.54) is 24.1 Å².